The molecule has 5 rings (SSSR count). The molecule has 0 amide bonds. The Kier molecular flexibility index (Phi) is 2.36. The summed E-state index contributed by atoms with van der Waals surface area (Å²) in [5, 5.41) is 0. The molecule has 110 valence electrons. The molecule has 0 saturated carbocycles. The molecule has 2 aromatic heterocycles. The molecule has 6 heteroatoms. The smallest absolute Gasteiger partial charge is 0.252 e. The van der Waals surface area contributed by atoms with Crippen molar-refractivity contribution in [2.75, 3.05) is 18.0 Å². The van der Waals surface area contributed by atoms with Gasteiger partial charge in [0.2, 0.25) is 0 Å². The van der Waals surface area contributed by atoms with Gasteiger partial charge >= 0.3 is 0 Å². The summed E-state index contributed by atoms with van der Waals surface area (Å²) < 4.78 is 11.7. The van der Waals surface area contributed by atoms with Gasteiger partial charge in [0.15, 0.2) is 17.2 Å². The molecule has 3 aliphatic rings. The van der Waals surface area contributed by atoms with Crippen LogP contribution in [0.1, 0.15) is 25.7 Å². The first-order chi connectivity index (χ1) is 10.3. The van der Waals surface area contributed by atoms with Crippen LogP contribution in [0.2, 0.25) is 0 Å². The summed E-state index contributed by atoms with van der Waals surface area (Å²) in [6.07, 6.45) is 5.74. The Balaban J connectivity index is 1.52. The zero-order valence-electron chi connectivity index (χ0n) is 12.0. The van der Waals surface area contributed by atoms with E-state index in [1.54, 1.807) is 6.33 Å². The van der Waals surface area contributed by atoms with Gasteiger partial charge in [-0.15, -0.1) is 0 Å². The standard InChI is InChI=1S/C15H18N4O2/c1-2-12-18-13-14(16-7-17-15(13)21-12)19-5-8-9(6-19)11-4-3-10(8)20-11/h7-11H,2-6H2,1H3/t8-,9+,10+,11-. The summed E-state index contributed by atoms with van der Waals surface area (Å²) in [5.41, 5.74) is 1.41. The summed E-state index contributed by atoms with van der Waals surface area (Å²) in [4.78, 5) is 15.6. The highest BCUT2D eigenvalue weighted by molar-refractivity contribution is 5.81. The number of hydrogen-bond acceptors (Lipinski definition) is 6. The van der Waals surface area contributed by atoms with Crippen molar-refractivity contribution in [1.29, 1.82) is 0 Å². The minimum absolute atomic E-state index is 0.464. The van der Waals surface area contributed by atoms with E-state index in [0.29, 0.717) is 29.8 Å². The molecule has 2 bridgehead atoms. The van der Waals surface area contributed by atoms with Gasteiger partial charge in [0, 0.05) is 31.3 Å². The summed E-state index contributed by atoms with van der Waals surface area (Å²) in [5.74, 6) is 2.98. The van der Waals surface area contributed by atoms with Crippen molar-refractivity contribution >= 4 is 17.0 Å². The molecule has 0 spiro atoms. The lowest BCUT2D eigenvalue weighted by molar-refractivity contribution is 0.0849. The molecule has 3 fully saturated rings. The summed E-state index contributed by atoms with van der Waals surface area (Å²) in [6.45, 7) is 4.08. The number of hydrogen-bond donors (Lipinski definition) is 0. The quantitative estimate of drug-likeness (QED) is 0.838. The zero-order chi connectivity index (χ0) is 14.0. The fourth-order valence-electron chi connectivity index (χ4n) is 4.30. The molecule has 4 atom stereocenters. The molecule has 2 aromatic rings. The average molecular weight is 286 g/mol. The van der Waals surface area contributed by atoms with Gasteiger partial charge in [0.25, 0.3) is 5.71 Å². The van der Waals surface area contributed by atoms with E-state index in [1.807, 2.05) is 6.92 Å². The minimum atomic E-state index is 0.464. The highest BCUT2D eigenvalue weighted by Crippen LogP contribution is 2.48. The van der Waals surface area contributed by atoms with E-state index in [1.165, 1.54) is 12.8 Å². The molecule has 0 radical (unpaired) electrons. The van der Waals surface area contributed by atoms with Crippen LogP contribution in [0.4, 0.5) is 5.82 Å². The summed E-state index contributed by atoms with van der Waals surface area (Å²) >= 11 is 0. The van der Waals surface area contributed by atoms with Crippen molar-refractivity contribution in [3.05, 3.63) is 12.2 Å². The Bertz CT molecular complexity index is 682. The highest BCUT2D eigenvalue weighted by atomic mass is 16.5. The minimum Gasteiger partial charge on any atom is -0.422 e. The van der Waals surface area contributed by atoms with E-state index in [0.717, 1.165) is 36.7 Å². The number of rotatable bonds is 2. The number of aromatic nitrogens is 3. The lowest BCUT2D eigenvalue weighted by Crippen LogP contribution is -2.25. The molecule has 21 heavy (non-hydrogen) atoms. The summed E-state index contributed by atoms with van der Waals surface area (Å²) in [7, 11) is 0. The number of aryl methyl sites for hydroxylation is 1. The third kappa shape index (κ3) is 1.59. The van der Waals surface area contributed by atoms with E-state index in [9.17, 15) is 0 Å². The third-order valence-corrected chi connectivity index (χ3v) is 5.28. The fourth-order valence-corrected chi connectivity index (χ4v) is 4.30. The van der Waals surface area contributed by atoms with Crippen LogP contribution in [0, 0.1) is 11.8 Å². The molecule has 3 aliphatic heterocycles. The molecule has 0 N–H and O–H groups in total. The molecule has 5 heterocycles. The van der Waals surface area contributed by atoms with Gasteiger partial charge < -0.3 is 14.1 Å². The molecular weight excluding hydrogens is 268 g/mol. The SMILES string of the molecule is CCc1nc2c(N3C[C@@H]4[C@H](C3)[C@H]3CC[C@@H]4O3)ncnc2o1. The van der Waals surface area contributed by atoms with Crippen LogP contribution in [-0.2, 0) is 11.2 Å². The Labute approximate surface area is 122 Å². The van der Waals surface area contributed by atoms with Gasteiger partial charge in [0.05, 0.1) is 12.2 Å². The van der Waals surface area contributed by atoms with Gasteiger partial charge in [-0.25, -0.2) is 9.97 Å². The third-order valence-electron chi connectivity index (χ3n) is 5.28. The number of ether oxygens (including phenoxy) is 1. The first-order valence-electron chi connectivity index (χ1n) is 7.84. The maximum Gasteiger partial charge on any atom is 0.252 e. The van der Waals surface area contributed by atoms with E-state index >= 15 is 0 Å². The van der Waals surface area contributed by atoms with Gasteiger partial charge in [-0.3, -0.25) is 0 Å². The van der Waals surface area contributed by atoms with Crippen molar-refractivity contribution in [3.63, 3.8) is 0 Å². The van der Waals surface area contributed by atoms with Crippen molar-refractivity contribution in [2.45, 2.75) is 38.4 Å². The van der Waals surface area contributed by atoms with Gasteiger partial charge in [-0.1, -0.05) is 6.92 Å². The van der Waals surface area contributed by atoms with Gasteiger partial charge in [-0.05, 0) is 12.8 Å². The Morgan fingerprint density at radius 2 is 1.95 bits per heavy atom. The topological polar surface area (TPSA) is 64.3 Å². The molecule has 6 nitrogen and oxygen atoms in total. The number of oxazole rings is 1. The van der Waals surface area contributed by atoms with Crippen LogP contribution >= 0.6 is 0 Å². The van der Waals surface area contributed by atoms with E-state index in [2.05, 4.69) is 19.9 Å². The average Bonchev–Trinajstić information content (AvgIpc) is 3.24. The highest BCUT2D eigenvalue weighted by Gasteiger charge is 2.53. The Morgan fingerprint density at radius 1 is 1.19 bits per heavy atom. The zero-order valence-corrected chi connectivity index (χ0v) is 12.0. The van der Waals surface area contributed by atoms with Crippen LogP contribution in [0.3, 0.4) is 0 Å². The largest absolute Gasteiger partial charge is 0.422 e. The first-order valence-corrected chi connectivity index (χ1v) is 7.84. The maximum atomic E-state index is 6.04. The van der Waals surface area contributed by atoms with Crippen molar-refractivity contribution < 1.29 is 9.15 Å². The van der Waals surface area contributed by atoms with E-state index < -0.39 is 0 Å². The normalized spacial score (nSPS) is 34.0. The van der Waals surface area contributed by atoms with Crippen molar-refractivity contribution in [2.24, 2.45) is 11.8 Å². The van der Waals surface area contributed by atoms with Crippen LogP contribution in [0.5, 0.6) is 0 Å². The lowest BCUT2D eigenvalue weighted by Gasteiger charge is -2.19. The van der Waals surface area contributed by atoms with Crippen molar-refractivity contribution in [1.82, 2.24) is 15.0 Å². The number of fused-ring (bicyclic) bond motifs is 6. The van der Waals surface area contributed by atoms with Crippen molar-refractivity contribution in [3.8, 4) is 0 Å². The molecule has 0 aromatic carbocycles. The molecule has 0 unspecified atom stereocenters. The monoisotopic (exact) mass is 286 g/mol. The molecule has 0 aliphatic carbocycles. The maximum absolute atomic E-state index is 6.04. The number of nitrogens with zero attached hydrogens (tertiary/aromatic N) is 4. The van der Waals surface area contributed by atoms with Crippen LogP contribution in [-0.4, -0.2) is 40.2 Å². The second-order valence-corrected chi connectivity index (χ2v) is 6.34. The predicted molar refractivity (Wildman–Crippen MR) is 76.1 cm³/mol. The lowest BCUT2D eigenvalue weighted by atomic mass is 9.82. The van der Waals surface area contributed by atoms with Gasteiger partial charge in [-0.2, -0.15) is 4.98 Å². The van der Waals surface area contributed by atoms with Gasteiger partial charge in [0.1, 0.15) is 6.33 Å². The fraction of sp³-hybridized carbons (Fsp3) is 0.667. The Hall–Kier alpha value is -1.69. The number of anilines is 1. The molecule has 3 saturated heterocycles. The second kappa shape index (κ2) is 4.16. The van der Waals surface area contributed by atoms with Crippen LogP contribution < -0.4 is 4.90 Å². The summed E-state index contributed by atoms with van der Waals surface area (Å²) in [6, 6.07) is 0. The van der Waals surface area contributed by atoms with Crippen LogP contribution in [0.15, 0.2) is 10.7 Å². The Morgan fingerprint density at radius 3 is 2.67 bits per heavy atom. The first kappa shape index (κ1) is 11.9. The second-order valence-electron chi connectivity index (χ2n) is 6.34. The predicted octanol–water partition coefficient (Wildman–Crippen LogP) is 1.79. The molecular formula is C15H18N4O2. The van der Waals surface area contributed by atoms with Crippen LogP contribution in [0.25, 0.3) is 11.2 Å². The van der Waals surface area contributed by atoms with E-state index in [-0.39, 0.29) is 0 Å². The van der Waals surface area contributed by atoms with E-state index in [4.69, 9.17) is 9.15 Å².